The number of nitrogen functional groups attached to an aromatic ring is 1. The van der Waals surface area contributed by atoms with Crippen LogP contribution in [-0.4, -0.2) is 28.7 Å². The van der Waals surface area contributed by atoms with Crippen LogP contribution in [0.4, 0.5) is 18.3 Å². The maximum Gasteiger partial charge on any atom is 0.423 e. The standard InChI is InChI=1S/C14H14F3N3O2S/c15-14(16,17)13(22,6-19-11(21)7-1-2-7)8-3-4-9-10(5-8)23-12(18)20-9/h3-5,7,22H,1-2,6H2,(H2,18,20)(H,19,21). The van der Waals surface area contributed by atoms with Crippen LogP contribution in [0, 0.1) is 5.92 Å². The molecule has 0 spiro atoms. The smallest absolute Gasteiger partial charge is 0.375 e. The van der Waals surface area contributed by atoms with E-state index < -0.39 is 24.2 Å². The highest BCUT2D eigenvalue weighted by atomic mass is 32.1. The molecule has 4 N–H and O–H groups in total. The number of carbonyl (C=O) groups excluding carboxylic acids is 1. The zero-order chi connectivity index (χ0) is 16.8. The van der Waals surface area contributed by atoms with Crippen LogP contribution in [0.25, 0.3) is 10.2 Å². The van der Waals surface area contributed by atoms with Gasteiger partial charge < -0.3 is 16.2 Å². The van der Waals surface area contributed by atoms with E-state index in [-0.39, 0.29) is 16.6 Å². The minimum absolute atomic E-state index is 0.231. The lowest BCUT2D eigenvalue weighted by molar-refractivity contribution is -0.264. The number of amides is 1. The van der Waals surface area contributed by atoms with Crippen molar-refractivity contribution in [3.05, 3.63) is 23.8 Å². The molecule has 124 valence electrons. The lowest BCUT2D eigenvalue weighted by atomic mass is 9.92. The van der Waals surface area contributed by atoms with Crippen LogP contribution in [0.2, 0.25) is 0 Å². The number of benzene rings is 1. The van der Waals surface area contributed by atoms with Crippen molar-refractivity contribution in [2.24, 2.45) is 5.92 Å². The third-order valence-electron chi connectivity index (χ3n) is 3.82. The molecule has 1 fully saturated rings. The van der Waals surface area contributed by atoms with Crippen LogP contribution in [0.5, 0.6) is 0 Å². The van der Waals surface area contributed by atoms with Gasteiger partial charge in [-0.1, -0.05) is 17.4 Å². The summed E-state index contributed by atoms with van der Waals surface area (Å²) in [6.07, 6.45) is -3.60. The highest BCUT2D eigenvalue weighted by Gasteiger charge is 2.55. The third-order valence-corrected chi connectivity index (χ3v) is 4.67. The summed E-state index contributed by atoms with van der Waals surface area (Å²) in [6.45, 7) is -0.925. The van der Waals surface area contributed by atoms with Crippen molar-refractivity contribution in [2.45, 2.75) is 24.6 Å². The van der Waals surface area contributed by atoms with Gasteiger partial charge in [0.1, 0.15) is 0 Å². The zero-order valence-corrected chi connectivity index (χ0v) is 12.7. The van der Waals surface area contributed by atoms with Crippen LogP contribution < -0.4 is 11.1 Å². The first kappa shape index (κ1) is 16.0. The van der Waals surface area contributed by atoms with Gasteiger partial charge in [0.2, 0.25) is 11.5 Å². The number of nitrogens with two attached hydrogens (primary N) is 1. The number of hydrogen-bond donors (Lipinski definition) is 3. The van der Waals surface area contributed by atoms with Gasteiger partial charge in [-0.05, 0) is 30.5 Å². The molecule has 5 nitrogen and oxygen atoms in total. The Balaban J connectivity index is 1.93. The summed E-state index contributed by atoms with van der Waals surface area (Å²) in [6, 6.07) is 3.73. The van der Waals surface area contributed by atoms with Gasteiger partial charge in [-0.3, -0.25) is 4.79 Å². The number of aliphatic hydroxyl groups is 1. The fraction of sp³-hybridized carbons (Fsp3) is 0.429. The largest absolute Gasteiger partial charge is 0.423 e. The zero-order valence-electron chi connectivity index (χ0n) is 11.9. The Morgan fingerprint density at radius 1 is 1.43 bits per heavy atom. The summed E-state index contributed by atoms with van der Waals surface area (Å²) in [5.41, 5.74) is 2.49. The Labute approximate surface area is 133 Å². The molecule has 23 heavy (non-hydrogen) atoms. The van der Waals surface area contributed by atoms with Crippen LogP contribution in [0.1, 0.15) is 18.4 Å². The number of nitrogens with zero attached hydrogens (tertiary/aromatic N) is 1. The van der Waals surface area contributed by atoms with E-state index in [1.165, 1.54) is 12.1 Å². The van der Waals surface area contributed by atoms with Crippen molar-refractivity contribution in [1.29, 1.82) is 0 Å². The van der Waals surface area contributed by atoms with Crippen molar-refractivity contribution in [2.75, 3.05) is 12.3 Å². The van der Waals surface area contributed by atoms with E-state index in [0.717, 1.165) is 17.4 Å². The molecule has 0 bridgehead atoms. The molecule has 3 rings (SSSR count). The Bertz CT molecular complexity index is 757. The molecule has 1 saturated carbocycles. The van der Waals surface area contributed by atoms with Gasteiger partial charge >= 0.3 is 6.18 Å². The molecule has 1 aromatic carbocycles. The SMILES string of the molecule is Nc1nc2ccc(C(O)(CNC(=O)C3CC3)C(F)(F)F)cc2s1. The fourth-order valence-corrected chi connectivity index (χ4v) is 3.04. The quantitative estimate of drug-likeness (QED) is 0.792. The van der Waals surface area contributed by atoms with Crippen molar-refractivity contribution in [3.8, 4) is 0 Å². The van der Waals surface area contributed by atoms with Gasteiger partial charge in [0, 0.05) is 5.92 Å². The van der Waals surface area contributed by atoms with Crippen LogP contribution in [0.3, 0.4) is 0 Å². The van der Waals surface area contributed by atoms with E-state index in [9.17, 15) is 23.1 Å². The van der Waals surface area contributed by atoms with Gasteiger partial charge in [0.15, 0.2) is 5.13 Å². The number of nitrogens with one attached hydrogen (secondary N) is 1. The summed E-state index contributed by atoms with van der Waals surface area (Å²) >= 11 is 1.03. The van der Waals surface area contributed by atoms with E-state index in [4.69, 9.17) is 5.73 Å². The first-order valence-electron chi connectivity index (χ1n) is 6.94. The maximum absolute atomic E-state index is 13.4. The molecule has 1 unspecified atom stereocenters. The lowest BCUT2D eigenvalue weighted by Crippen LogP contribution is -2.51. The molecule has 1 aromatic heterocycles. The summed E-state index contributed by atoms with van der Waals surface area (Å²) in [7, 11) is 0. The summed E-state index contributed by atoms with van der Waals surface area (Å²) in [5.74, 6) is -0.702. The maximum atomic E-state index is 13.4. The highest BCUT2D eigenvalue weighted by Crippen LogP contribution is 2.40. The van der Waals surface area contributed by atoms with Gasteiger partial charge in [-0.25, -0.2) is 4.98 Å². The second-order valence-corrected chi connectivity index (χ2v) is 6.65. The van der Waals surface area contributed by atoms with Gasteiger partial charge in [0.05, 0.1) is 16.8 Å². The van der Waals surface area contributed by atoms with E-state index in [2.05, 4.69) is 10.3 Å². The summed E-state index contributed by atoms with van der Waals surface area (Å²) < 4.78 is 40.7. The van der Waals surface area contributed by atoms with Crippen LogP contribution in [-0.2, 0) is 10.4 Å². The average Bonchev–Trinajstić information content (AvgIpc) is 3.24. The Hall–Kier alpha value is -1.87. The fourth-order valence-electron chi connectivity index (χ4n) is 2.27. The Morgan fingerprint density at radius 2 is 2.13 bits per heavy atom. The molecule has 0 saturated heterocycles. The highest BCUT2D eigenvalue weighted by molar-refractivity contribution is 7.22. The number of halogens is 3. The third kappa shape index (κ3) is 2.98. The Morgan fingerprint density at radius 3 is 2.74 bits per heavy atom. The van der Waals surface area contributed by atoms with Gasteiger partial charge in [-0.15, -0.1) is 0 Å². The first-order chi connectivity index (χ1) is 10.7. The predicted molar refractivity (Wildman–Crippen MR) is 79.7 cm³/mol. The summed E-state index contributed by atoms with van der Waals surface area (Å²) in [4.78, 5) is 15.6. The monoisotopic (exact) mass is 345 g/mol. The molecule has 0 radical (unpaired) electrons. The Kier molecular flexibility index (Phi) is 3.72. The number of aromatic nitrogens is 1. The number of alkyl halides is 3. The molecule has 9 heteroatoms. The molecule has 2 aromatic rings. The lowest BCUT2D eigenvalue weighted by Gasteiger charge is -2.31. The van der Waals surface area contributed by atoms with Crippen molar-refractivity contribution in [1.82, 2.24) is 10.3 Å². The van der Waals surface area contributed by atoms with Crippen molar-refractivity contribution < 1.29 is 23.1 Å². The molecular formula is C14H14F3N3O2S. The number of carbonyl (C=O) groups is 1. The second-order valence-electron chi connectivity index (χ2n) is 5.58. The van der Waals surface area contributed by atoms with E-state index >= 15 is 0 Å². The van der Waals surface area contributed by atoms with E-state index in [1.807, 2.05) is 0 Å². The van der Waals surface area contributed by atoms with Crippen LogP contribution in [0.15, 0.2) is 18.2 Å². The molecular weight excluding hydrogens is 331 g/mol. The topological polar surface area (TPSA) is 88.2 Å². The molecule has 1 aliphatic carbocycles. The minimum atomic E-state index is -4.94. The van der Waals surface area contributed by atoms with Crippen molar-refractivity contribution in [3.63, 3.8) is 0 Å². The number of hydrogen-bond acceptors (Lipinski definition) is 5. The summed E-state index contributed by atoms with van der Waals surface area (Å²) in [5, 5.41) is 12.7. The van der Waals surface area contributed by atoms with Gasteiger partial charge in [0.25, 0.3) is 0 Å². The molecule has 1 aliphatic rings. The average molecular weight is 345 g/mol. The number of fused-ring (bicyclic) bond motifs is 1. The molecule has 1 heterocycles. The first-order valence-corrected chi connectivity index (χ1v) is 7.76. The molecule has 1 atom stereocenters. The van der Waals surface area contributed by atoms with Crippen LogP contribution >= 0.6 is 11.3 Å². The van der Waals surface area contributed by atoms with Crippen molar-refractivity contribution >= 4 is 32.6 Å². The number of thiazole rings is 1. The molecule has 1 amide bonds. The second kappa shape index (κ2) is 5.34. The number of rotatable bonds is 4. The predicted octanol–water partition coefficient (Wildman–Crippen LogP) is 2.15. The molecule has 0 aliphatic heterocycles. The van der Waals surface area contributed by atoms with E-state index in [1.54, 1.807) is 0 Å². The van der Waals surface area contributed by atoms with E-state index in [0.29, 0.717) is 23.1 Å². The van der Waals surface area contributed by atoms with Gasteiger partial charge in [-0.2, -0.15) is 13.2 Å². The minimum Gasteiger partial charge on any atom is -0.375 e. The normalized spacial score (nSPS) is 17.9. The number of anilines is 1.